The van der Waals surface area contributed by atoms with Crippen LogP contribution in [0.4, 0.5) is 18.0 Å². The summed E-state index contributed by atoms with van der Waals surface area (Å²) in [7, 11) is -0.752. The van der Waals surface area contributed by atoms with E-state index in [2.05, 4.69) is 0 Å². The van der Waals surface area contributed by atoms with Crippen molar-refractivity contribution in [1.82, 2.24) is 9.80 Å². The summed E-state index contributed by atoms with van der Waals surface area (Å²) in [6, 6.07) is -1.60. The Hall–Kier alpha value is -0.803. The number of hydrogen-bond acceptors (Lipinski definition) is 4. The van der Waals surface area contributed by atoms with Crippen LogP contribution in [0.15, 0.2) is 0 Å². The van der Waals surface area contributed by atoms with Gasteiger partial charge in [0.2, 0.25) is 0 Å². The topological polar surface area (TPSA) is 42.0 Å². The molecule has 0 N–H and O–H groups in total. The molecular weight excluding hydrogens is 365 g/mol. The van der Waals surface area contributed by atoms with Crippen molar-refractivity contribution < 1.29 is 27.1 Å². The summed E-state index contributed by atoms with van der Waals surface area (Å²) in [6.07, 6.45) is -5.72. The molecule has 2 heterocycles. The summed E-state index contributed by atoms with van der Waals surface area (Å²) in [5.74, 6) is 0. The molecule has 4 atom stereocenters. The van der Waals surface area contributed by atoms with Gasteiger partial charge in [-0.1, -0.05) is 0 Å². The molecule has 0 aromatic rings. The van der Waals surface area contributed by atoms with Gasteiger partial charge in [0.05, 0.1) is 12.1 Å². The van der Waals surface area contributed by atoms with Crippen LogP contribution in [0.1, 0.15) is 33.6 Å². The van der Waals surface area contributed by atoms with E-state index in [0.29, 0.717) is 19.4 Å². The lowest BCUT2D eigenvalue weighted by Gasteiger charge is -2.49. The highest BCUT2D eigenvalue weighted by Crippen LogP contribution is 2.41. The third-order valence-corrected chi connectivity index (χ3v) is 5.63. The summed E-state index contributed by atoms with van der Waals surface area (Å²) >= 11 is 0. The van der Waals surface area contributed by atoms with Crippen molar-refractivity contribution in [3.8, 4) is 0 Å². The lowest BCUT2D eigenvalue weighted by atomic mass is 9.97. The molecule has 0 spiro atoms. The third-order valence-electron chi connectivity index (χ3n) is 4.67. The van der Waals surface area contributed by atoms with Crippen LogP contribution in [0.25, 0.3) is 0 Å². The number of piperazine rings is 1. The first-order valence-corrected chi connectivity index (χ1v) is 12.5. The zero-order valence-electron chi connectivity index (χ0n) is 16.7. The molecule has 0 aliphatic carbocycles. The van der Waals surface area contributed by atoms with E-state index in [9.17, 15) is 18.0 Å². The molecule has 2 rings (SSSR count). The molecule has 2 aliphatic heterocycles. The Morgan fingerprint density at radius 3 is 2.19 bits per heavy atom. The van der Waals surface area contributed by atoms with Gasteiger partial charge < -0.3 is 9.16 Å². The van der Waals surface area contributed by atoms with Gasteiger partial charge in [0.25, 0.3) is 0 Å². The average molecular weight is 397 g/mol. The smallest absolute Gasteiger partial charge is 0.415 e. The number of likely N-dealkylation sites (tertiary alicyclic amines) is 1. The van der Waals surface area contributed by atoms with Gasteiger partial charge in [-0.3, -0.25) is 9.80 Å². The quantitative estimate of drug-likeness (QED) is 0.680. The molecule has 1 unspecified atom stereocenters. The Labute approximate surface area is 154 Å². The minimum absolute atomic E-state index is 0.114. The van der Waals surface area contributed by atoms with Crippen LogP contribution in [0.5, 0.6) is 0 Å². The molecular formula is C17H31F3N2O3Si. The number of nitrogens with zero attached hydrogens (tertiary/aromatic N) is 2. The van der Waals surface area contributed by atoms with E-state index >= 15 is 0 Å². The highest BCUT2D eigenvalue weighted by molar-refractivity contribution is 6.69. The van der Waals surface area contributed by atoms with E-state index < -0.39 is 44.4 Å². The summed E-state index contributed by atoms with van der Waals surface area (Å²) in [5.41, 5.74) is -0.687. The number of hydrogen-bond donors (Lipinski definition) is 0. The molecule has 2 bridgehead atoms. The van der Waals surface area contributed by atoms with Crippen LogP contribution >= 0.6 is 0 Å². The average Bonchev–Trinajstić information content (AvgIpc) is 2.69. The second kappa shape index (κ2) is 6.98. The normalized spacial score (nSPS) is 29.0. The zero-order valence-corrected chi connectivity index (χ0v) is 17.7. The Morgan fingerprint density at radius 2 is 1.73 bits per heavy atom. The van der Waals surface area contributed by atoms with Crippen LogP contribution in [0.3, 0.4) is 0 Å². The molecule has 5 nitrogen and oxygen atoms in total. The maximum atomic E-state index is 13.9. The number of rotatable bonds is 3. The van der Waals surface area contributed by atoms with Crippen LogP contribution in [-0.4, -0.2) is 73.8 Å². The van der Waals surface area contributed by atoms with Gasteiger partial charge in [0, 0.05) is 12.6 Å². The Bertz CT molecular complexity index is 531. The predicted octanol–water partition coefficient (Wildman–Crippen LogP) is 3.85. The summed E-state index contributed by atoms with van der Waals surface area (Å²) in [5, 5.41) is 0. The van der Waals surface area contributed by atoms with Crippen molar-refractivity contribution in [2.75, 3.05) is 13.6 Å². The molecule has 9 heteroatoms. The van der Waals surface area contributed by atoms with Gasteiger partial charge in [-0.2, -0.15) is 13.2 Å². The maximum absolute atomic E-state index is 13.9. The molecule has 2 saturated heterocycles. The molecule has 2 aliphatic rings. The standard InChI is InChI=1S/C17H31F3N2O3Si/c1-16(2,3)24-15(23)22-11-8-9-12(22)13(21(4)10-11)14(17(18,19)20)25-26(5,6)7/h11-14H,8-10H2,1-7H3/t11-,12+,13-,14?/m1/s1. The molecule has 0 aromatic heterocycles. The second-order valence-electron chi connectivity index (χ2n) is 9.31. The number of fused-ring (bicyclic) bond motifs is 2. The van der Waals surface area contributed by atoms with Gasteiger partial charge in [-0.05, 0) is 60.3 Å². The number of likely N-dealkylation sites (N-methyl/N-ethyl adjacent to an activating group) is 1. The fourth-order valence-corrected chi connectivity index (χ4v) is 4.95. The van der Waals surface area contributed by atoms with Gasteiger partial charge in [0.1, 0.15) is 5.60 Å². The van der Waals surface area contributed by atoms with Crippen LogP contribution < -0.4 is 0 Å². The Morgan fingerprint density at radius 1 is 1.15 bits per heavy atom. The lowest BCUT2D eigenvalue weighted by Crippen LogP contribution is -2.67. The van der Waals surface area contributed by atoms with E-state index in [0.717, 1.165) is 0 Å². The monoisotopic (exact) mass is 396 g/mol. The second-order valence-corrected chi connectivity index (χ2v) is 13.8. The van der Waals surface area contributed by atoms with Crippen molar-refractivity contribution in [2.24, 2.45) is 0 Å². The van der Waals surface area contributed by atoms with Crippen LogP contribution in [-0.2, 0) is 9.16 Å². The zero-order chi connectivity index (χ0) is 20.1. The van der Waals surface area contributed by atoms with Crippen molar-refractivity contribution >= 4 is 14.4 Å². The fraction of sp³-hybridized carbons (Fsp3) is 0.941. The van der Waals surface area contributed by atoms with Gasteiger partial charge in [-0.25, -0.2) is 4.79 Å². The molecule has 0 radical (unpaired) electrons. The molecule has 1 amide bonds. The van der Waals surface area contributed by atoms with Gasteiger partial charge in [-0.15, -0.1) is 0 Å². The molecule has 0 saturated carbocycles. The summed E-state index contributed by atoms with van der Waals surface area (Å²) < 4.78 is 52.6. The summed E-state index contributed by atoms with van der Waals surface area (Å²) in [6.45, 7) is 10.9. The lowest BCUT2D eigenvalue weighted by molar-refractivity contribution is -0.223. The highest BCUT2D eigenvalue weighted by atomic mass is 28.4. The minimum atomic E-state index is -4.49. The van der Waals surface area contributed by atoms with E-state index in [1.54, 1.807) is 52.4 Å². The number of carbonyl (C=O) groups is 1. The Kier molecular flexibility index (Phi) is 5.77. The first kappa shape index (κ1) is 21.5. The first-order chi connectivity index (χ1) is 11.6. The van der Waals surface area contributed by atoms with Crippen molar-refractivity contribution in [2.45, 2.75) is 89.3 Å². The van der Waals surface area contributed by atoms with Crippen LogP contribution in [0.2, 0.25) is 19.6 Å². The largest absolute Gasteiger partial charge is 0.444 e. The minimum Gasteiger partial charge on any atom is -0.444 e. The maximum Gasteiger partial charge on any atom is 0.415 e. The highest BCUT2D eigenvalue weighted by Gasteiger charge is 2.58. The van der Waals surface area contributed by atoms with Crippen molar-refractivity contribution in [1.29, 1.82) is 0 Å². The fourth-order valence-electron chi connectivity index (χ4n) is 3.92. The molecule has 2 fully saturated rings. The van der Waals surface area contributed by atoms with Gasteiger partial charge >= 0.3 is 12.3 Å². The Balaban J connectivity index is 2.33. The van der Waals surface area contributed by atoms with Crippen LogP contribution in [0, 0.1) is 0 Å². The van der Waals surface area contributed by atoms with E-state index in [1.165, 1.54) is 4.90 Å². The number of alkyl halides is 3. The van der Waals surface area contributed by atoms with Gasteiger partial charge in [0.15, 0.2) is 14.4 Å². The summed E-state index contributed by atoms with van der Waals surface area (Å²) in [4.78, 5) is 15.9. The predicted molar refractivity (Wildman–Crippen MR) is 95.6 cm³/mol. The van der Waals surface area contributed by atoms with E-state index in [4.69, 9.17) is 9.16 Å². The number of ether oxygens (including phenoxy) is 1. The SMILES string of the molecule is CN1C[C@H]2CC[C@@H]([C@@H]1C(O[Si](C)(C)C)C(F)(F)F)N2C(=O)OC(C)(C)C. The number of amides is 1. The third kappa shape index (κ3) is 4.92. The molecule has 26 heavy (non-hydrogen) atoms. The molecule has 152 valence electrons. The van der Waals surface area contributed by atoms with Crippen molar-refractivity contribution in [3.63, 3.8) is 0 Å². The first-order valence-electron chi connectivity index (χ1n) is 9.06. The van der Waals surface area contributed by atoms with E-state index in [-0.39, 0.29) is 6.04 Å². The number of carbonyl (C=O) groups excluding carboxylic acids is 1. The van der Waals surface area contributed by atoms with Crippen molar-refractivity contribution in [3.05, 3.63) is 0 Å². The van der Waals surface area contributed by atoms with E-state index in [1.807, 2.05) is 0 Å². The molecule has 0 aromatic carbocycles. The number of halogens is 3.